The molecule has 2 heterocycles. The van der Waals surface area contributed by atoms with E-state index in [1.54, 1.807) is 14.2 Å². The number of nitrogens with zero attached hydrogens (tertiary/aromatic N) is 1. The number of likely N-dealkylation sites (N-methyl/N-ethyl adjacent to an activating group) is 1. The third kappa shape index (κ3) is 1.74. The van der Waals surface area contributed by atoms with Gasteiger partial charge in [-0.15, -0.1) is 0 Å². The van der Waals surface area contributed by atoms with Gasteiger partial charge in [-0.05, 0) is 17.7 Å². The third-order valence-corrected chi connectivity index (χ3v) is 4.86. The molecule has 0 bridgehead atoms. The Balaban J connectivity index is 2.06. The van der Waals surface area contributed by atoms with Gasteiger partial charge in [0.25, 0.3) is 0 Å². The molecule has 3 atom stereocenters. The molecule has 1 aromatic carbocycles. The zero-order valence-electron chi connectivity index (χ0n) is 11.8. The summed E-state index contributed by atoms with van der Waals surface area (Å²) in [6.45, 7) is 2.49. The number of rotatable bonds is 3. The molecule has 0 spiro atoms. The summed E-state index contributed by atoms with van der Waals surface area (Å²) in [6.07, 6.45) is 1.07. The van der Waals surface area contributed by atoms with Crippen molar-refractivity contribution in [1.82, 2.24) is 0 Å². The van der Waals surface area contributed by atoms with Gasteiger partial charge in [-0.2, -0.15) is 0 Å². The van der Waals surface area contributed by atoms with Crippen LogP contribution in [0.4, 0.5) is 0 Å². The lowest BCUT2D eigenvalue weighted by Gasteiger charge is -2.57. The minimum Gasteiger partial charge on any atom is -0.493 e. The first-order valence-corrected chi connectivity index (χ1v) is 6.83. The van der Waals surface area contributed by atoms with Crippen molar-refractivity contribution in [3.8, 4) is 11.5 Å². The van der Waals surface area contributed by atoms with E-state index in [0.717, 1.165) is 35.5 Å². The standard InChI is InChI=1S/C15H22NO3/c1-16-5-4-10-6-13(18-2)14(19-3)7-12(10)15(16)11(8-16)9-17/h6-7,11,15,17H,4-5,8-9H2,1-3H3/q+1/t11-,15+,16?/m0/s1. The summed E-state index contributed by atoms with van der Waals surface area (Å²) in [6, 6.07) is 4.62. The summed E-state index contributed by atoms with van der Waals surface area (Å²) < 4.78 is 11.8. The molecule has 3 rings (SSSR count). The molecular formula is C15H22NO3+. The molecule has 19 heavy (non-hydrogen) atoms. The number of aliphatic hydroxyl groups excluding tert-OH is 1. The molecule has 1 aromatic rings. The molecule has 1 fully saturated rings. The molecule has 2 aliphatic rings. The molecule has 4 nitrogen and oxygen atoms in total. The molecule has 0 radical (unpaired) electrons. The van der Waals surface area contributed by atoms with E-state index in [4.69, 9.17) is 9.47 Å². The van der Waals surface area contributed by atoms with Crippen molar-refractivity contribution in [3.63, 3.8) is 0 Å². The molecule has 2 aliphatic heterocycles. The smallest absolute Gasteiger partial charge is 0.161 e. The van der Waals surface area contributed by atoms with E-state index < -0.39 is 0 Å². The van der Waals surface area contributed by atoms with Gasteiger partial charge in [0.1, 0.15) is 6.04 Å². The number of ether oxygens (including phenoxy) is 2. The van der Waals surface area contributed by atoms with Crippen molar-refractivity contribution in [2.24, 2.45) is 5.92 Å². The maximum Gasteiger partial charge on any atom is 0.161 e. The van der Waals surface area contributed by atoms with Crippen LogP contribution >= 0.6 is 0 Å². The van der Waals surface area contributed by atoms with Gasteiger partial charge in [-0.25, -0.2) is 0 Å². The highest BCUT2D eigenvalue weighted by Crippen LogP contribution is 2.50. The van der Waals surface area contributed by atoms with E-state index in [9.17, 15) is 5.11 Å². The molecule has 1 unspecified atom stereocenters. The fourth-order valence-electron chi connectivity index (χ4n) is 3.90. The van der Waals surface area contributed by atoms with Gasteiger partial charge in [-0.1, -0.05) is 0 Å². The molecule has 1 N–H and O–H groups in total. The quantitative estimate of drug-likeness (QED) is 0.838. The van der Waals surface area contributed by atoms with Crippen LogP contribution in [0.5, 0.6) is 11.5 Å². The van der Waals surface area contributed by atoms with Gasteiger partial charge in [0.05, 0.1) is 46.9 Å². The first kappa shape index (κ1) is 12.8. The van der Waals surface area contributed by atoms with Gasteiger partial charge in [0.2, 0.25) is 0 Å². The molecule has 4 heteroatoms. The number of benzene rings is 1. The Hall–Kier alpha value is -1.26. The lowest BCUT2D eigenvalue weighted by atomic mass is 9.75. The Morgan fingerprint density at radius 2 is 1.95 bits per heavy atom. The third-order valence-electron chi connectivity index (χ3n) is 4.86. The molecule has 0 saturated carbocycles. The molecule has 0 aromatic heterocycles. The Morgan fingerprint density at radius 1 is 1.26 bits per heavy atom. The topological polar surface area (TPSA) is 38.7 Å². The zero-order chi connectivity index (χ0) is 13.6. The van der Waals surface area contributed by atoms with Crippen molar-refractivity contribution in [1.29, 1.82) is 0 Å². The molecular weight excluding hydrogens is 242 g/mol. The van der Waals surface area contributed by atoms with E-state index in [1.807, 2.05) is 0 Å². The van der Waals surface area contributed by atoms with E-state index >= 15 is 0 Å². The molecule has 1 saturated heterocycles. The molecule has 0 aliphatic carbocycles. The van der Waals surface area contributed by atoms with Gasteiger partial charge in [0, 0.05) is 12.0 Å². The Labute approximate surface area is 114 Å². The Morgan fingerprint density at radius 3 is 2.58 bits per heavy atom. The number of hydrogen-bond acceptors (Lipinski definition) is 3. The monoisotopic (exact) mass is 264 g/mol. The van der Waals surface area contributed by atoms with Crippen LogP contribution in [0.1, 0.15) is 17.2 Å². The van der Waals surface area contributed by atoms with E-state index in [1.165, 1.54) is 11.1 Å². The van der Waals surface area contributed by atoms with Crippen LogP contribution in [0.15, 0.2) is 12.1 Å². The average Bonchev–Trinajstić information content (AvgIpc) is 2.41. The van der Waals surface area contributed by atoms with Crippen LogP contribution < -0.4 is 9.47 Å². The second-order valence-electron chi connectivity index (χ2n) is 5.93. The van der Waals surface area contributed by atoms with Crippen LogP contribution in [0.3, 0.4) is 0 Å². The number of methoxy groups -OCH3 is 2. The van der Waals surface area contributed by atoms with Crippen LogP contribution in [-0.4, -0.2) is 50.6 Å². The number of fused-ring (bicyclic) bond motifs is 3. The predicted octanol–water partition coefficient (Wildman–Crippen LogP) is 1.37. The van der Waals surface area contributed by atoms with Gasteiger partial charge >= 0.3 is 0 Å². The summed E-state index contributed by atoms with van der Waals surface area (Å²) in [4.78, 5) is 0. The highest BCUT2D eigenvalue weighted by atomic mass is 16.5. The van der Waals surface area contributed by atoms with E-state index in [2.05, 4.69) is 19.2 Å². The normalized spacial score (nSPS) is 32.0. The lowest BCUT2D eigenvalue weighted by molar-refractivity contribution is -0.992. The number of quaternary nitrogens is 1. The van der Waals surface area contributed by atoms with Crippen molar-refractivity contribution >= 4 is 0 Å². The maximum atomic E-state index is 9.53. The zero-order valence-corrected chi connectivity index (χ0v) is 11.8. The molecule has 0 amide bonds. The number of hydrogen-bond donors (Lipinski definition) is 1. The summed E-state index contributed by atoms with van der Waals surface area (Å²) in [7, 11) is 5.63. The van der Waals surface area contributed by atoms with Gasteiger partial charge in [0.15, 0.2) is 11.5 Å². The summed E-state index contributed by atoms with van der Waals surface area (Å²) in [5, 5.41) is 9.53. The first-order valence-electron chi connectivity index (χ1n) is 6.83. The van der Waals surface area contributed by atoms with Crippen molar-refractivity contribution in [3.05, 3.63) is 23.3 Å². The Bertz CT molecular complexity index is 502. The van der Waals surface area contributed by atoms with Crippen LogP contribution in [-0.2, 0) is 6.42 Å². The fraction of sp³-hybridized carbons (Fsp3) is 0.600. The maximum absolute atomic E-state index is 9.53. The summed E-state index contributed by atoms with van der Waals surface area (Å²) in [5.74, 6) is 1.97. The SMILES string of the molecule is COc1cc2c(cc1OC)[C@H]1[C@H](CO)C[N+]1(C)CC2. The van der Waals surface area contributed by atoms with Crippen LogP contribution in [0.2, 0.25) is 0 Å². The van der Waals surface area contributed by atoms with Crippen LogP contribution in [0, 0.1) is 5.92 Å². The van der Waals surface area contributed by atoms with E-state index in [-0.39, 0.29) is 6.61 Å². The average molecular weight is 264 g/mol. The van der Waals surface area contributed by atoms with Gasteiger partial charge in [-0.3, -0.25) is 0 Å². The minimum absolute atomic E-state index is 0.270. The Kier molecular flexibility index (Phi) is 2.95. The summed E-state index contributed by atoms with van der Waals surface area (Å²) in [5.41, 5.74) is 2.67. The number of aliphatic hydroxyl groups is 1. The largest absolute Gasteiger partial charge is 0.493 e. The second-order valence-corrected chi connectivity index (χ2v) is 5.93. The van der Waals surface area contributed by atoms with Gasteiger partial charge < -0.3 is 19.1 Å². The van der Waals surface area contributed by atoms with Crippen molar-refractivity contribution in [2.45, 2.75) is 12.5 Å². The highest BCUT2D eigenvalue weighted by molar-refractivity contribution is 5.49. The first-order chi connectivity index (χ1) is 9.12. The van der Waals surface area contributed by atoms with E-state index in [0.29, 0.717) is 12.0 Å². The highest BCUT2D eigenvalue weighted by Gasteiger charge is 2.54. The lowest BCUT2D eigenvalue weighted by Crippen LogP contribution is -2.66. The minimum atomic E-state index is 0.270. The predicted molar refractivity (Wildman–Crippen MR) is 72.5 cm³/mol. The summed E-state index contributed by atoms with van der Waals surface area (Å²) >= 11 is 0. The van der Waals surface area contributed by atoms with Crippen molar-refractivity contribution < 1.29 is 19.1 Å². The second kappa shape index (κ2) is 4.39. The molecule has 104 valence electrons. The van der Waals surface area contributed by atoms with Crippen LogP contribution in [0.25, 0.3) is 0 Å². The van der Waals surface area contributed by atoms with Crippen molar-refractivity contribution in [2.75, 3.05) is 41.0 Å². The fourth-order valence-corrected chi connectivity index (χ4v) is 3.90.